The van der Waals surface area contributed by atoms with Crippen LogP contribution in [0.1, 0.15) is 15.9 Å². The first-order valence-electron chi connectivity index (χ1n) is 9.00. The number of nitrogens with one attached hydrogen (secondary N) is 1. The lowest BCUT2D eigenvalue weighted by molar-refractivity contribution is -0.385. The third-order valence-corrected chi connectivity index (χ3v) is 7.29. The SMILES string of the molecule is Cc1ccc(C(=O)Nc2cc(S(=O)(=O)O)cc3cc(S(=O)(=O)O)cc(S(=O)(=O)O)c23)cc1[N+](=O)[O-]. The van der Waals surface area contributed by atoms with Crippen molar-refractivity contribution in [3.8, 4) is 0 Å². The van der Waals surface area contributed by atoms with Gasteiger partial charge in [0.2, 0.25) is 0 Å². The third-order valence-electron chi connectivity index (χ3n) is 4.75. The largest absolute Gasteiger partial charge is 0.321 e. The molecule has 0 heterocycles. The molecule has 0 aliphatic carbocycles. The van der Waals surface area contributed by atoms with Gasteiger partial charge in [0.05, 0.1) is 20.4 Å². The summed E-state index contributed by atoms with van der Waals surface area (Å²) < 4.78 is 99.1. The molecule has 35 heavy (non-hydrogen) atoms. The van der Waals surface area contributed by atoms with Crippen molar-refractivity contribution in [3.05, 3.63) is 63.7 Å². The number of benzene rings is 3. The van der Waals surface area contributed by atoms with Crippen molar-refractivity contribution in [3.63, 3.8) is 0 Å². The van der Waals surface area contributed by atoms with Gasteiger partial charge < -0.3 is 5.32 Å². The number of amides is 1. The van der Waals surface area contributed by atoms with Gasteiger partial charge in [0.15, 0.2) is 0 Å². The normalized spacial score (nSPS) is 12.5. The zero-order valence-corrected chi connectivity index (χ0v) is 19.7. The van der Waals surface area contributed by atoms with Gasteiger partial charge >= 0.3 is 0 Å². The van der Waals surface area contributed by atoms with Crippen LogP contribution in [0, 0.1) is 17.0 Å². The highest BCUT2D eigenvalue weighted by Crippen LogP contribution is 2.35. The minimum atomic E-state index is -5.24. The molecule has 0 unspecified atom stereocenters. The summed E-state index contributed by atoms with van der Waals surface area (Å²) in [6, 6.07) is 5.61. The Labute approximate surface area is 197 Å². The number of nitrogens with zero attached hydrogens (tertiary/aromatic N) is 1. The van der Waals surface area contributed by atoms with Crippen LogP contribution in [0.15, 0.2) is 57.2 Å². The Morgan fingerprint density at radius 2 is 1.40 bits per heavy atom. The van der Waals surface area contributed by atoms with Gasteiger partial charge in [-0.1, -0.05) is 6.07 Å². The molecule has 1 amide bonds. The minimum absolute atomic E-state index is 0.219. The van der Waals surface area contributed by atoms with Crippen LogP contribution >= 0.6 is 0 Å². The van der Waals surface area contributed by atoms with Gasteiger partial charge in [-0.05, 0) is 42.6 Å². The first kappa shape index (κ1) is 26.1. The zero-order chi connectivity index (χ0) is 26.5. The molecule has 3 aromatic carbocycles. The molecule has 17 heteroatoms. The number of anilines is 1. The molecule has 0 aromatic heterocycles. The number of carbonyl (C=O) groups is 1. The second-order valence-electron chi connectivity index (χ2n) is 7.13. The number of nitro benzene ring substituents is 1. The summed E-state index contributed by atoms with van der Waals surface area (Å²) in [6.07, 6.45) is 0. The molecule has 186 valence electrons. The molecule has 0 aliphatic heterocycles. The summed E-state index contributed by atoms with van der Waals surface area (Å²) in [5, 5.41) is 12.2. The number of nitro groups is 1. The van der Waals surface area contributed by atoms with Crippen LogP contribution in [0.25, 0.3) is 10.8 Å². The number of rotatable bonds is 6. The standard InChI is InChI=1S/C18H14N2O12S3/c1-9-2-3-10(6-15(9)20(22)23)18(21)19-14-7-12(33(24,25)26)4-11-5-13(34(27,28)29)8-16(17(11)14)35(30,31)32/h2-8H,1H3,(H,19,21)(H,24,25,26)(H,27,28,29)(H,30,31,32). The van der Waals surface area contributed by atoms with Crippen molar-refractivity contribution in [1.82, 2.24) is 0 Å². The van der Waals surface area contributed by atoms with Crippen LogP contribution < -0.4 is 5.32 Å². The number of aryl methyl sites for hydroxylation is 1. The zero-order valence-electron chi connectivity index (χ0n) is 17.2. The second-order valence-corrected chi connectivity index (χ2v) is 11.4. The molecule has 0 radical (unpaired) electrons. The van der Waals surface area contributed by atoms with Crippen LogP contribution in [0.2, 0.25) is 0 Å². The van der Waals surface area contributed by atoms with E-state index in [1.807, 2.05) is 0 Å². The van der Waals surface area contributed by atoms with E-state index in [-0.39, 0.29) is 11.1 Å². The van der Waals surface area contributed by atoms with E-state index in [1.165, 1.54) is 19.1 Å². The summed E-state index contributed by atoms with van der Waals surface area (Å²) >= 11 is 0. The Morgan fingerprint density at radius 1 is 0.857 bits per heavy atom. The summed E-state index contributed by atoms with van der Waals surface area (Å²) in [4.78, 5) is 20.1. The lowest BCUT2D eigenvalue weighted by Crippen LogP contribution is -2.15. The monoisotopic (exact) mass is 546 g/mol. The summed E-state index contributed by atoms with van der Waals surface area (Å²) in [5.74, 6) is -1.08. The van der Waals surface area contributed by atoms with Crippen molar-refractivity contribution in [2.45, 2.75) is 21.6 Å². The fourth-order valence-corrected chi connectivity index (χ4v) is 5.09. The smallest absolute Gasteiger partial charge is 0.295 e. The van der Waals surface area contributed by atoms with E-state index in [9.17, 15) is 53.8 Å². The fraction of sp³-hybridized carbons (Fsp3) is 0.0556. The topological polar surface area (TPSA) is 235 Å². The lowest BCUT2D eigenvalue weighted by atomic mass is 10.1. The number of hydrogen-bond acceptors (Lipinski definition) is 9. The molecule has 3 aromatic rings. The van der Waals surface area contributed by atoms with Crippen molar-refractivity contribution in [2.24, 2.45) is 0 Å². The Morgan fingerprint density at radius 3 is 1.89 bits per heavy atom. The van der Waals surface area contributed by atoms with Crippen molar-refractivity contribution >= 4 is 58.4 Å². The number of fused-ring (bicyclic) bond motifs is 1. The Kier molecular flexibility index (Phi) is 6.44. The summed E-state index contributed by atoms with van der Waals surface area (Å²) in [6.45, 7) is 1.41. The van der Waals surface area contributed by atoms with E-state index in [0.717, 1.165) is 6.07 Å². The first-order chi connectivity index (χ1) is 15.9. The number of carbonyl (C=O) groups excluding carboxylic acids is 1. The average molecular weight is 547 g/mol. The molecule has 14 nitrogen and oxygen atoms in total. The van der Waals surface area contributed by atoms with Gasteiger partial charge in [-0.2, -0.15) is 25.3 Å². The molecule has 0 saturated carbocycles. The van der Waals surface area contributed by atoms with E-state index in [0.29, 0.717) is 24.3 Å². The van der Waals surface area contributed by atoms with E-state index in [4.69, 9.17) is 0 Å². The summed E-state index contributed by atoms with van der Waals surface area (Å²) in [5.41, 5.74) is -1.13. The Balaban J connectivity index is 2.37. The molecular formula is C18H14N2O12S3. The highest BCUT2D eigenvalue weighted by Gasteiger charge is 2.26. The fourth-order valence-electron chi connectivity index (χ4n) is 3.16. The van der Waals surface area contributed by atoms with Gasteiger partial charge in [-0.3, -0.25) is 28.6 Å². The van der Waals surface area contributed by atoms with Gasteiger partial charge in [-0.25, -0.2) is 0 Å². The van der Waals surface area contributed by atoms with Crippen molar-refractivity contribution < 1.29 is 48.6 Å². The van der Waals surface area contributed by atoms with Crippen molar-refractivity contribution in [1.29, 1.82) is 0 Å². The highest BCUT2D eigenvalue weighted by atomic mass is 32.2. The molecule has 0 saturated heterocycles. The van der Waals surface area contributed by atoms with Gasteiger partial charge in [0.25, 0.3) is 41.9 Å². The average Bonchev–Trinajstić information content (AvgIpc) is 2.70. The second kappa shape index (κ2) is 8.63. The van der Waals surface area contributed by atoms with Gasteiger partial charge in [0.1, 0.15) is 4.90 Å². The molecule has 4 N–H and O–H groups in total. The Hall–Kier alpha value is -3.48. The van der Waals surface area contributed by atoms with E-state index >= 15 is 0 Å². The maximum atomic E-state index is 12.8. The maximum absolute atomic E-state index is 12.8. The van der Waals surface area contributed by atoms with Gasteiger partial charge in [0, 0.05) is 22.6 Å². The first-order valence-corrected chi connectivity index (χ1v) is 13.3. The minimum Gasteiger partial charge on any atom is -0.321 e. The number of hydrogen-bond donors (Lipinski definition) is 4. The highest BCUT2D eigenvalue weighted by molar-refractivity contribution is 7.87. The molecule has 0 aliphatic rings. The lowest BCUT2D eigenvalue weighted by Gasteiger charge is -2.14. The quantitative estimate of drug-likeness (QED) is 0.197. The van der Waals surface area contributed by atoms with E-state index < -0.39 is 78.0 Å². The maximum Gasteiger partial charge on any atom is 0.295 e. The molecule has 3 rings (SSSR count). The predicted octanol–water partition coefficient (Wildman–Crippen LogP) is 2.05. The van der Waals surface area contributed by atoms with Crippen LogP contribution in [0.5, 0.6) is 0 Å². The van der Waals surface area contributed by atoms with Crippen LogP contribution in [-0.2, 0) is 30.4 Å². The van der Waals surface area contributed by atoms with Crippen molar-refractivity contribution in [2.75, 3.05) is 5.32 Å². The third kappa shape index (κ3) is 5.45. The van der Waals surface area contributed by atoms with Crippen LogP contribution in [-0.4, -0.2) is 49.7 Å². The molecular weight excluding hydrogens is 532 g/mol. The van der Waals surface area contributed by atoms with E-state index in [2.05, 4.69) is 5.32 Å². The Bertz CT molecular complexity index is 1740. The summed E-state index contributed by atoms with van der Waals surface area (Å²) in [7, 11) is -15.3. The van der Waals surface area contributed by atoms with E-state index in [1.54, 1.807) is 0 Å². The molecule has 0 spiro atoms. The molecule has 0 atom stereocenters. The van der Waals surface area contributed by atoms with Crippen LogP contribution in [0.4, 0.5) is 11.4 Å². The molecule has 0 bridgehead atoms. The van der Waals surface area contributed by atoms with Gasteiger partial charge in [-0.15, -0.1) is 0 Å². The molecule has 0 fully saturated rings. The predicted molar refractivity (Wildman–Crippen MR) is 119 cm³/mol. The van der Waals surface area contributed by atoms with Crippen LogP contribution in [0.3, 0.4) is 0 Å².